The lowest BCUT2D eigenvalue weighted by Crippen LogP contribution is -2.44. The number of hydrogen-bond acceptors (Lipinski definition) is 3. The van der Waals surface area contributed by atoms with Gasteiger partial charge in [-0.25, -0.2) is 8.78 Å². The molecule has 4 nitrogen and oxygen atoms in total. The minimum atomic E-state index is -0.498. The molecule has 0 unspecified atom stereocenters. The summed E-state index contributed by atoms with van der Waals surface area (Å²) in [6.07, 6.45) is 3.77. The van der Waals surface area contributed by atoms with Crippen LogP contribution in [-0.2, 0) is 9.53 Å². The van der Waals surface area contributed by atoms with Crippen molar-refractivity contribution in [1.82, 2.24) is 10.2 Å². The second-order valence-electron chi connectivity index (χ2n) is 7.77. The number of fused-ring (bicyclic) bond motifs is 1. The number of hydrogen-bond donors (Lipinski definition) is 1. The molecule has 0 saturated carbocycles. The number of nitrogens with one attached hydrogen (secondary N) is 1. The normalized spacial score (nSPS) is 18.6. The fourth-order valence-corrected chi connectivity index (χ4v) is 4.17. The maximum atomic E-state index is 14.5. The Kier molecular flexibility index (Phi) is 5.66. The third kappa shape index (κ3) is 3.75. The lowest BCUT2D eigenvalue weighted by molar-refractivity contribution is -0.132. The Morgan fingerprint density at radius 2 is 1.94 bits per heavy atom. The van der Waals surface area contributed by atoms with E-state index in [1.165, 1.54) is 6.26 Å². The highest BCUT2D eigenvalue weighted by Gasteiger charge is 2.35. The van der Waals surface area contributed by atoms with Crippen molar-refractivity contribution in [3.8, 4) is 0 Å². The molecule has 31 heavy (non-hydrogen) atoms. The van der Waals surface area contributed by atoms with Crippen LogP contribution in [0.2, 0.25) is 0 Å². The number of halogens is 2. The van der Waals surface area contributed by atoms with Crippen LogP contribution in [0, 0.1) is 11.6 Å². The third-order valence-electron chi connectivity index (χ3n) is 5.75. The van der Waals surface area contributed by atoms with Gasteiger partial charge in [0, 0.05) is 35.1 Å². The van der Waals surface area contributed by atoms with E-state index in [2.05, 4.69) is 11.0 Å². The number of ether oxygens (including phenoxy) is 1. The largest absolute Gasteiger partial charge is 0.451 e. The quantitative estimate of drug-likeness (QED) is 0.685. The molecule has 0 aliphatic carbocycles. The summed E-state index contributed by atoms with van der Waals surface area (Å²) < 4.78 is 34.2. The number of carbonyl (C=O) groups excluding carboxylic acids is 1. The molecule has 1 atom stereocenters. The van der Waals surface area contributed by atoms with Gasteiger partial charge in [0.1, 0.15) is 17.9 Å². The van der Waals surface area contributed by atoms with Crippen LogP contribution in [0.25, 0.3) is 10.8 Å². The van der Waals surface area contributed by atoms with Crippen molar-refractivity contribution in [3.05, 3.63) is 88.2 Å². The van der Waals surface area contributed by atoms with E-state index >= 15 is 0 Å². The maximum Gasteiger partial charge on any atom is 0.290 e. The summed E-state index contributed by atoms with van der Waals surface area (Å²) in [4.78, 5) is 15.2. The summed E-state index contributed by atoms with van der Waals surface area (Å²) in [5.41, 5.74) is 6.26. The molecular formula is C25H24F2N2O2. The Morgan fingerprint density at radius 3 is 2.65 bits per heavy atom. The molecule has 0 fully saturated rings. The van der Waals surface area contributed by atoms with E-state index in [1.54, 1.807) is 36.1 Å². The van der Waals surface area contributed by atoms with Crippen molar-refractivity contribution in [2.75, 3.05) is 13.1 Å². The fraction of sp³-hybridized carbons (Fsp3) is 0.280. The number of likely N-dealkylation sites (N-methyl/N-ethyl adjacent to an activating group) is 1. The number of rotatable bonds is 4. The van der Waals surface area contributed by atoms with Crippen molar-refractivity contribution in [1.29, 1.82) is 0 Å². The number of amides is 1. The molecule has 4 rings (SSSR count). The topological polar surface area (TPSA) is 41.6 Å². The van der Waals surface area contributed by atoms with Crippen LogP contribution in [0.5, 0.6) is 0 Å². The summed E-state index contributed by atoms with van der Waals surface area (Å²) in [6.45, 7) is 6.97. The molecule has 6 heteroatoms. The van der Waals surface area contributed by atoms with Gasteiger partial charge in [0.2, 0.25) is 0 Å². The first kappa shape index (κ1) is 20.9. The summed E-state index contributed by atoms with van der Waals surface area (Å²) >= 11 is 0. The molecule has 0 bridgehead atoms. The van der Waals surface area contributed by atoms with Gasteiger partial charge in [-0.15, -0.1) is 0 Å². The molecule has 1 amide bonds. The number of nitrogens with zero attached hydrogens (tertiary/aromatic N) is 1. The van der Waals surface area contributed by atoms with E-state index in [0.717, 1.165) is 23.4 Å². The molecule has 160 valence electrons. The summed E-state index contributed by atoms with van der Waals surface area (Å²) in [5.74, 6) is -0.980. The van der Waals surface area contributed by atoms with E-state index in [-0.39, 0.29) is 22.4 Å². The minimum Gasteiger partial charge on any atom is -0.451 e. The first-order valence-corrected chi connectivity index (χ1v) is 10.3. The van der Waals surface area contributed by atoms with Crippen LogP contribution in [0.4, 0.5) is 8.78 Å². The molecule has 2 aliphatic heterocycles. The van der Waals surface area contributed by atoms with Crippen LogP contribution in [0.3, 0.4) is 0 Å². The fourth-order valence-electron chi connectivity index (χ4n) is 4.17. The van der Waals surface area contributed by atoms with Crippen molar-refractivity contribution >= 4 is 16.7 Å². The summed E-state index contributed by atoms with van der Waals surface area (Å²) in [7, 11) is 0. The van der Waals surface area contributed by atoms with Crippen LogP contribution >= 0.6 is 0 Å². The van der Waals surface area contributed by atoms with Crippen molar-refractivity contribution in [2.24, 2.45) is 0 Å². The Morgan fingerprint density at radius 1 is 1.19 bits per heavy atom. The van der Waals surface area contributed by atoms with E-state index < -0.39 is 17.7 Å². The van der Waals surface area contributed by atoms with E-state index in [0.29, 0.717) is 30.6 Å². The predicted molar refractivity (Wildman–Crippen MR) is 116 cm³/mol. The van der Waals surface area contributed by atoms with Gasteiger partial charge in [-0.3, -0.25) is 4.79 Å². The zero-order chi connectivity index (χ0) is 22.1. The SMILES string of the molecule is CCNC1=C(C)CCN(C(=O)C2=C(C)C=C=CO2)[C@@H]1c1ccc2c(F)ccc(F)c2c1. The van der Waals surface area contributed by atoms with E-state index in [1.807, 2.05) is 13.8 Å². The van der Waals surface area contributed by atoms with Crippen LogP contribution < -0.4 is 5.32 Å². The van der Waals surface area contributed by atoms with Crippen molar-refractivity contribution in [2.45, 2.75) is 33.2 Å². The van der Waals surface area contributed by atoms with Crippen LogP contribution in [0.15, 0.2) is 71.0 Å². The molecule has 0 spiro atoms. The highest BCUT2D eigenvalue weighted by atomic mass is 19.1. The van der Waals surface area contributed by atoms with E-state index in [4.69, 9.17) is 4.74 Å². The predicted octanol–water partition coefficient (Wildman–Crippen LogP) is 5.25. The average Bonchev–Trinajstić information content (AvgIpc) is 2.77. The molecule has 2 aromatic rings. The Labute approximate surface area is 180 Å². The van der Waals surface area contributed by atoms with Gasteiger partial charge in [0.05, 0.1) is 6.04 Å². The second kappa shape index (κ2) is 8.40. The summed E-state index contributed by atoms with van der Waals surface area (Å²) in [6, 6.07) is 6.75. The smallest absolute Gasteiger partial charge is 0.290 e. The molecule has 0 saturated heterocycles. The maximum absolute atomic E-state index is 14.5. The van der Waals surface area contributed by atoms with Gasteiger partial charge in [-0.1, -0.05) is 23.4 Å². The molecular weight excluding hydrogens is 398 g/mol. The second-order valence-corrected chi connectivity index (χ2v) is 7.77. The molecule has 0 aromatic heterocycles. The number of benzene rings is 2. The lowest BCUT2D eigenvalue weighted by atomic mass is 9.91. The lowest BCUT2D eigenvalue weighted by Gasteiger charge is -2.39. The first-order chi connectivity index (χ1) is 14.9. The molecule has 0 radical (unpaired) electrons. The van der Waals surface area contributed by atoms with Gasteiger partial charge in [-0.05, 0) is 57.0 Å². The molecule has 1 N–H and O–H groups in total. The Bertz CT molecular complexity index is 1190. The highest BCUT2D eigenvalue weighted by Crippen LogP contribution is 2.37. The minimum absolute atomic E-state index is 0.194. The zero-order valence-electron chi connectivity index (χ0n) is 17.8. The van der Waals surface area contributed by atoms with Gasteiger partial charge in [0.15, 0.2) is 5.76 Å². The Hall–Kier alpha value is -3.37. The Balaban J connectivity index is 1.86. The molecule has 2 heterocycles. The third-order valence-corrected chi connectivity index (χ3v) is 5.75. The monoisotopic (exact) mass is 422 g/mol. The van der Waals surface area contributed by atoms with E-state index in [9.17, 15) is 13.6 Å². The molecule has 2 aromatic carbocycles. The van der Waals surface area contributed by atoms with Crippen LogP contribution in [0.1, 0.15) is 38.8 Å². The molecule has 2 aliphatic rings. The first-order valence-electron chi connectivity index (χ1n) is 10.3. The van der Waals surface area contributed by atoms with Gasteiger partial charge in [-0.2, -0.15) is 0 Å². The van der Waals surface area contributed by atoms with Crippen molar-refractivity contribution < 1.29 is 18.3 Å². The number of allylic oxidation sites excluding steroid dienone is 2. The standard InChI is InChI=1S/C25H24F2N2O2/c1-4-28-22-15(2)11-12-29(25(30)24-16(3)6-5-13-31-24)23(22)17-7-8-18-19(14-17)21(27)10-9-20(18)26/h6-10,13-14,23,28H,4,11-12H2,1-3H3/t23-/m1/s1. The number of carbonyl (C=O) groups is 1. The average molecular weight is 422 g/mol. The van der Waals surface area contributed by atoms with Gasteiger partial charge >= 0.3 is 0 Å². The van der Waals surface area contributed by atoms with Crippen LogP contribution in [-0.4, -0.2) is 23.9 Å². The summed E-state index contributed by atoms with van der Waals surface area (Å²) in [5, 5.41) is 3.80. The van der Waals surface area contributed by atoms with Gasteiger partial charge in [0.25, 0.3) is 5.91 Å². The van der Waals surface area contributed by atoms with Crippen molar-refractivity contribution in [3.63, 3.8) is 0 Å². The highest BCUT2D eigenvalue weighted by molar-refractivity contribution is 5.94. The van der Waals surface area contributed by atoms with Gasteiger partial charge < -0.3 is 15.0 Å². The zero-order valence-corrected chi connectivity index (χ0v) is 17.8.